The van der Waals surface area contributed by atoms with Crippen LogP contribution in [0.4, 0.5) is 23.9 Å². The normalized spacial score (nSPS) is 11.5. The molecular weight excluding hydrogens is 323 g/mol. The van der Waals surface area contributed by atoms with E-state index in [1.165, 1.54) is 18.8 Å². The minimum Gasteiger partial charge on any atom is -0.396 e. The van der Waals surface area contributed by atoms with Gasteiger partial charge in [0.2, 0.25) is 0 Å². The molecule has 3 N–H and O–H groups in total. The van der Waals surface area contributed by atoms with Crippen LogP contribution in [0.25, 0.3) is 0 Å². The van der Waals surface area contributed by atoms with Gasteiger partial charge in [0.25, 0.3) is 5.91 Å². The number of nitrogens with one attached hydrogen (secondary N) is 1. The van der Waals surface area contributed by atoms with Gasteiger partial charge in [-0.3, -0.25) is 4.79 Å². The molecule has 9 heteroatoms. The third kappa shape index (κ3) is 4.70. The minimum absolute atomic E-state index is 0.241. The summed E-state index contributed by atoms with van der Waals surface area (Å²) in [4.78, 5) is 13.8. The van der Waals surface area contributed by atoms with Crippen LogP contribution in [0.2, 0.25) is 0 Å². The van der Waals surface area contributed by atoms with Gasteiger partial charge in [-0.05, 0) is 12.7 Å². The summed E-state index contributed by atoms with van der Waals surface area (Å²) in [7, 11) is 1.34. The monoisotopic (exact) mass is 341 g/mol. The topological polar surface area (TPSA) is 58.4 Å². The van der Waals surface area contributed by atoms with E-state index in [1.807, 2.05) is 6.92 Å². The average Bonchev–Trinajstić information content (AvgIpc) is 2.71. The van der Waals surface area contributed by atoms with E-state index in [2.05, 4.69) is 5.32 Å². The molecule has 0 spiro atoms. The van der Waals surface area contributed by atoms with Crippen molar-refractivity contribution in [3.05, 3.63) is 4.88 Å². The number of rotatable bonds is 6. The third-order valence-electron chi connectivity index (χ3n) is 2.59. The lowest BCUT2D eigenvalue weighted by atomic mass is 10.3. The van der Waals surface area contributed by atoms with Crippen LogP contribution in [0.3, 0.4) is 0 Å². The van der Waals surface area contributed by atoms with Crippen LogP contribution >= 0.6 is 23.1 Å². The Morgan fingerprint density at radius 2 is 2.10 bits per heavy atom. The summed E-state index contributed by atoms with van der Waals surface area (Å²) in [5.41, 5.74) is 6.15. The zero-order valence-electron chi connectivity index (χ0n) is 12.0. The van der Waals surface area contributed by atoms with Crippen molar-refractivity contribution < 1.29 is 18.0 Å². The molecule has 1 aromatic heterocycles. The second-order valence-electron chi connectivity index (χ2n) is 4.41. The Kier molecular flexibility index (Phi) is 6.21. The number of halogens is 3. The molecule has 1 rings (SSSR count). The van der Waals surface area contributed by atoms with Gasteiger partial charge in [0, 0.05) is 13.6 Å². The maximum Gasteiger partial charge on any atom is 0.405 e. The van der Waals surface area contributed by atoms with Crippen molar-refractivity contribution in [3.63, 3.8) is 0 Å². The van der Waals surface area contributed by atoms with Gasteiger partial charge in [-0.15, -0.1) is 23.1 Å². The quantitative estimate of drug-likeness (QED) is 0.780. The number of alkyl halides is 3. The van der Waals surface area contributed by atoms with E-state index in [9.17, 15) is 18.0 Å². The minimum atomic E-state index is -4.31. The molecule has 0 atom stereocenters. The summed E-state index contributed by atoms with van der Waals surface area (Å²) in [6.07, 6.45) is -1.82. The molecule has 120 valence electrons. The Labute approximate surface area is 129 Å². The summed E-state index contributed by atoms with van der Waals surface area (Å²) >= 11 is 2.22. The highest BCUT2D eigenvalue weighted by atomic mass is 32.2. The zero-order valence-corrected chi connectivity index (χ0v) is 13.6. The van der Waals surface area contributed by atoms with Crippen LogP contribution in [0.5, 0.6) is 0 Å². The molecule has 0 unspecified atom stereocenters. The predicted octanol–water partition coefficient (Wildman–Crippen LogP) is 3.19. The largest absolute Gasteiger partial charge is 0.405 e. The maximum atomic E-state index is 12.5. The molecule has 0 aliphatic carbocycles. The van der Waals surface area contributed by atoms with Gasteiger partial charge in [0.1, 0.15) is 16.4 Å². The number of thiophene rings is 1. The van der Waals surface area contributed by atoms with E-state index in [0.717, 1.165) is 22.7 Å². The van der Waals surface area contributed by atoms with Gasteiger partial charge >= 0.3 is 6.18 Å². The Hall–Kier alpha value is -1.09. The van der Waals surface area contributed by atoms with Crippen LogP contribution < -0.4 is 16.0 Å². The molecule has 0 aliphatic heterocycles. The summed E-state index contributed by atoms with van der Waals surface area (Å²) in [5, 5.41) is 3.04. The number of nitrogens with two attached hydrogens (primary N) is 1. The van der Waals surface area contributed by atoms with Crippen LogP contribution in [0, 0.1) is 0 Å². The number of nitrogen functional groups attached to an aromatic ring is 1. The summed E-state index contributed by atoms with van der Waals surface area (Å²) < 4.78 is 37.5. The molecule has 21 heavy (non-hydrogen) atoms. The number of nitrogens with zero attached hydrogens (tertiary/aromatic N) is 1. The van der Waals surface area contributed by atoms with Crippen molar-refractivity contribution in [1.82, 2.24) is 5.32 Å². The second kappa shape index (κ2) is 7.26. The van der Waals surface area contributed by atoms with Crippen molar-refractivity contribution in [2.45, 2.75) is 24.4 Å². The van der Waals surface area contributed by atoms with Gasteiger partial charge in [0.05, 0.1) is 10.6 Å². The number of carbonyl (C=O) groups excluding carboxylic acids is 1. The highest BCUT2D eigenvalue weighted by molar-refractivity contribution is 7.99. The Morgan fingerprint density at radius 1 is 1.48 bits per heavy atom. The number of anilines is 2. The first-order valence-corrected chi connectivity index (χ1v) is 8.27. The molecule has 1 heterocycles. The number of thioether (sulfide) groups is 1. The number of hydrogen-bond acceptors (Lipinski definition) is 5. The lowest BCUT2D eigenvalue weighted by molar-refractivity contribution is -0.119. The lowest BCUT2D eigenvalue weighted by Crippen LogP contribution is -2.30. The fraction of sp³-hybridized carbons (Fsp3) is 0.583. The molecule has 0 bridgehead atoms. The second-order valence-corrected chi connectivity index (χ2v) is 6.23. The smallest absolute Gasteiger partial charge is 0.396 e. The first kappa shape index (κ1) is 18.0. The summed E-state index contributed by atoms with van der Waals surface area (Å²) in [6, 6.07) is 0. The van der Waals surface area contributed by atoms with E-state index < -0.39 is 12.7 Å². The van der Waals surface area contributed by atoms with Gasteiger partial charge in [-0.25, -0.2) is 0 Å². The average molecular weight is 341 g/mol. The van der Waals surface area contributed by atoms with Gasteiger partial charge < -0.3 is 16.0 Å². The Morgan fingerprint density at radius 3 is 2.57 bits per heavy atom. The first-order chi connectivity index (χ1) is 9.71. The molecule has 4 nitrogen and oxygen atoms in total. The highest BCUT2D eigenvalue weighted by Gasteiger charge is 2.32. The molecular formula is C12H18F3N3OS2. The van der Waals surface area contributed by atoms with E-state index in [-0.39, 0.29) is 16.5 Å². The van der Waals surface area contributed by atoms with Crippen molar-refractivity contribution in [3.8, 4) is 0 Å². The van der Waals surface area contributed by atoms with Crippen molar-refractivity contribution in [2.75, 3.05) is 37.0 Å². The standard InChI is InChI=1S/C12H18F3N3OS2/c1-4-5-17-10(19)8-7(16)9(20-3)11(21-8)18(2)6-12(13,14)15/h4-6,16H2,1-3H3,(H,17,19). The van der Waals surface area contributed by atoms with E-state index in [1.54, 1.807) is 6.26 Å². The molecule has 1 aromatic rings. The molecule has 0 saturated heterocycles. The van der Waals surface area contributed by atoms with E-state index >= 15 is 0 Å². The molecule has 0 aromatic carbocycles. The SMILES string of the molecule is CCCNC(=O)c1sc(N(C)CC(F)(F)F)c(SC)c1N. The molecule has 0 fully saturated rings. The van der Waals surface area contributed by atoms with Crippen LogP contribution in [0.1, 0.15) is 23.0 Å². The van der Waals surface area contributed by atoms with Crippen molar-refractivity contribution in [1.29, 1.82) is 0 Å². The highest BCUT2D eigenvalue weighted by Crippen LogP contribution is 2.43. The molecule has 1 amide bonds. The van der Waals surface area contributed by atoms with Gasteiger partial charge in [0.15, 0.2) is 0 Å². The van der Waals surface area contributed by atoms with Gasteiger partial charge in [-0.2, -0.15) is 13.2 Å². The number of amides is 1. The number of carbonyl (C=O) groups is 1. The number of hydrogen-bond donors (Lipinski definition) is 2. The maximum absolute atomic E-state index is 12.5. The first-order valence-electron chi connectivity index (χ1n) is 6.23. The fourth-order valence-electron chi connectivity index (χ4n) is 1.69. The Bertz CT molecular complexity index is 503. The molecule has 0 saturated carbocycles. The fourth-order valence-corrected chi connectivity index (χ4v) is 3.78. The zero-order chi connectivity index (χ0) is 16.2. The summed E-state index contributed by atoms with van der Waals surface area (Å²) in [6.45, 7) is 1.32. The van der Waals surface area contributed by atoms with Crippen LogP contribution in [-0.4, -0.2) is 38.5 Å². The van der Waals surface area contributed by atoms with Gasteiger partial charge in [-0.1, -0.05) is 6.92 Å². The van der Waals surface area contributed by atoms with Crippen LogP contribution in [0.15, 0.2) is 4.90 Å². The molecule has 0 aliphatic rings. The lowest BCUT2D eigenvalue weighted by Gasteiger charge is -2.20. The third-order valence-corrected chi connectivity index (χ3v) is 4.86. The van der Waals surface area contributed by atoms with Crippen molar-refractivity contribution in [2.24, 2.45) is 0 Å². The van der Waals surface area contributed by atoms with Crippen LogP contribution in [-0.2, 0) is 0 Å². The predicted molar refractivity (Wildman–Crippen MR) is 82.5 cm³/mol. The van der Waals surface area contributed by atoms with E-state index in [4.69, 9.17) is 5.73 Å². The summed E-state index contributed by atoms with van der Waals surface area (Å²) in [5.74, 6) is -0.346. The Balaban J connectivity index is 3.08. The molecule has 0 radical (unpaired) electrons. The van der Waals surface area contributed by atoms with Crippen molar-refractivity contribution >= 4 is 39.7 Å². The van der Waals surface area contributed by atoms with E-state index in [0.29, 0.717) is 16.4 Å².